The number of aliphatic hydroxyl groups is 1. The van der Waals surface area contributed by atoms with Gasteiger partial charge >= 0.3 is 0 Å². The molecule has 3 unspecified atom stereocenters. The summed E-state index contributed by atoms with van der Waals surface area (Å²) >= 11 is 1.85. The van der Waals surface area contributed by atoms with Crippen LogP contribution in [0.25, 0.3) is 0 Å². The monoisotopic (exact) mass is 287 g/mol. The zero-order valence-corrected chi connectivity index (χ0v) is 13.0. The van der Waals surface area contributed by atoms with E-state index in [0.717, 1.165) is 24.5 Å². The Hall–Kier alpha value is -0.0300. The first-order chi connectivity index (χ1) is 9.24. The van der Waals surface area contributed by atoms with Crippen LogP contribution in [0.1, 0.15) is 32.6 Å². The van der Waals surface area contributed by atoms with Crippen molar-refractivity contribution < 1.29 is 9.84 Å². The Morgan fingerprint density at radius 3 is 3.00 bits per heavy atom. The molecule has 0 aromatic carbocycles. The summed E-state index contributed by atoms with van der Waals surface area (Å²) in [7, 11) is 0. The molecule has 0 radical (unpaired) electrons. The topological polar surface area (TPSA) is 41.5 Å². The van der Waals surface area contributed by atoms with E-state index in [9.17, 15) is 5.11 Å². The van der Waals surface area contributed by atoms with Gasteiger partial charge in [-0.1, -0.05) is 25.8 Å². The Morgan fingerprint density at radius 2 is 2.26 bits per heavy atom. The van der Waals surface area contributed by atoms with Crippen LogP contribution in [0.3, 0.4) is 0 Å². The van der Waals surface area contributed by atoms with E-state index in [2.05, 4.69) is 18.8 Å². The van der Waals surface area contributed by atoms with E-state index in [1.54, 1.807) is 0 Å². The van der Waals surface area contributed by atoms with E-state index in [4.69, 9.17) is 4.74 Å². The van der Waals surface area contributed by atoms with E-state index in [0.29, 0.717) is 25.2 Å². The standard InChI is InChI=1S/C15H29NO2S/c1-3-9-19-10-8-16-11-14(17)12-18-15-7-5-4-6-13(15)2/h3,13-17H,1,4-12H2,2H3. The molecular weight excluding hydrogens is 258 g/mol. The van der Waals surface area contributed by atoms with Crippen LogP contribution in [-0.2, 0) is 4.74 Å². The van der Waals surface area contributed by atoms with Gasteiger partial charge in [0.1, 0.15) is 0 Å². The molecule has 0 bridgehead atoms. The zero-order valence-electron chi connectivity index (χ0n) is 12.1. The van der Waals surface area contributed by atoms with E-state index < -0.39 is 6.10 Å². The maximum atomic E-state index is 9.86. The number of aliphatic hydroxyl groups excluding tert-OH is 1. The van der Waals surface area contributed by atoms with Gasteiger partial charge in [0.05, 0.1) is 18.8 Å². The second-order valence-electron chi connectivity index (χ2n) is 5.36. The highest BCUT2D eigenvalue weighted by Gasteiger charge is 2.22. The van der Waals surface area contributed by atoms with E-state index in [1.165, 1.54) is 19.3 Å². The summed E-state index contributed by atoms with van der Waals surface area (Å²) in [4.78, 5) is 0. The lowest BCUT2D eigenvalue weighted by Gasteiger charge is -2.29. The molecule has 3 atom stereocenters. The first-order valence-corrected chi connectivity index (χ1v) is 8.58. The molecule has 4 heteroatoms. The Labute approximate surface area is 122 Å². The molecule has 112 valence electrons. The number of hydrogen-bond donors (Lipinski definition) is 2. The summed E-state index contributed by atoms with van der Waals surface area (Å²) in [5.41, 5.74) is 0. The SMILES string of the molecule is C=CCSCCNCC(O)COC1CCCCC1C. The minimum atomic E-state index is -0.390. The third-order valence-electron chi connectivity index (χ3n) is 3.57. The van der Waals surface area contributed by atoms with Crippen molar-refractivity contribution >= 4 is 11.8 Å². The van der Waals surface area contributed by atoms with E-state index in [1.807, 2.05) is 17.8 Å². The van der Waals surface area contributed by atoms with Crippen LogP contribution < -0.4 is 5.32 Å². The van der Waals surface area contributed by atoms with Gasteiger partial charge in [0, 0.05) is 24.6 Å². The quantitative estimate of drug-likeness (QED) is 0.478. The third-order valence-corrected chi connectivity index (χ3v) is 4.54. The molecule has 0 saturated heterocycles. The van der Waals surface area contributed by atoms with Gasteiger partial charge in [0.25, 0.3) is 0 Å². The van der Waals surface area contributed by atoms with Gasteiger partial charge in [-0.25, -0.2) is 0 Å². The Balaban J connectivity index is 1.97. The van der Waals surface area contributed by atoms with Crippen molar-refractivity contribution in [1.29, 1.82) is 0 Å². The molecule has 1 aliphatic carbocycles. The highest BCUT2D eigenvalue weighted by atomic mass is 32.2. The maximum Gasteiger partial charge on any atom is 0.0897 e. The summed E-state index contributed by atoms with van der Waals surface area (Å²) < 4.78 is 5.84. The molecule has 1 rings (SSSR count). The Kier molecular flexibility index (Phi) is 9.61. The third kappa shape index (κ3) is 7.98. The minimum Gasteiger partial charge on any atom is -0.389 e. The highest BCUT2D eigenvalue weighted by Crippen LogP contribution is 2.26. The lowest BCUT2D eigenvalue weighted by Crippen LogP contribution is -2.35. The van der Waals surface area contributed by atoms with Gasteiger partial charge < -0.3 is 15.2 Å². The van der Waals surface area contributed by atoms with Crippen molar-refractivity contribution in [3.8, 4) is 0 Å². The fourth-order valence-electron chi connectivity index (χ4n) is 2.40. The molecule has 0 aliphatic heterocycles. The summed E-state index contributed by atoms with van der Waals surface area (Å²) in [5, 5.41) is 13.1. The summed E-state index contributed by atoms with van der Waals surface area (Å²) in [6, 6.07) is 0. The normalized spacial score (nSPS) is 25.2. The molecule has 3 nitrogen and oxygen atoms in total. The largest absolute Gasteiger partial charge is 0.389 e. The summed E-state index contributed by atoms with van der Waals surface area (Å²) in [6.45, 7) is 7.95. The first kappa shape index (κ1) is 17.0. The number of hydrogen-bond acceptors (Lipinski definition) is 4. The summed E-state index contributed by atoms with van der Waals surface area (Å²) in [5.74, 6) is 2.69. The number of nitrogens with one attached hydrogen (secondary N) is 1. The van der Waals surface area contributed by atoms with Crippen molar-refractivity contribution in [2.45, 2.75) is 44.8 Å². The van der Waals surface area contributed by atoms with Crippen molar-refractivity contribution in [2.75, 3.05) is 31.2 Å². The van der Waals surface area contributed by atoms with Crippen LogP contribution in [0.15, 0.2) is 12.7 Å². The molecule has 0 aromatic rings. The molecule has 2 N–H and O–H groups in total. The highest BCUT2D eigenvalue weighted by molar-refractivity contribution is 7.99. The molecule has 1 saturated carbocycles. The van der Waals surface area contributed by atoms with Crippen molar-refractivity contribution in [2.24, 2.45) is 5.92 Å². The number of rotatable bonds is 10. The number of ether oxygens (including phenoxy) is 1. The van der Waals surface area contributed by atoms with Gasteiger partial charge in [-0.15, -0.1) is 6.58 Å². The Morgan fingerprint density at radius 1 is 1.47 bits per heavy atom. The minimum absolute atomic E-state index is 0.353. The molecule has 0 amide bonds. The van der Waals surface area contributed by atoms with Crippen molar-refractivity contribution in [3.05, 3.63) is 12.7 Å². The van der Waals surface area contributed by atoms with Crippen LogP contribution in [0, 0.1) is 5.92 Å². The van der Waals surface area contributed by atoms with E-state index in [-0.39, 0.29) is 0 Å². The van der Waals surface area contributed by atoms with Crippen LogP contribution in [0.2, 0.25) is 0 Å². The van der Waals surface area contributed by atoms with Crippen LogP contribution in [-0.4, -0.2) is 48.5 Å². The second-order valence-corrected chi connectivity index (χ2v) is 6.50. The molecule has 19 heavy (non-hydrogen) atoms. The van der Waals surface area contributed by atoms with Gasteiger partial charge in [0.2, 0.25) is 0 Å². The maximum absolute atomic E-state index is 9.86. The lowest BCUT2D eigenvalue weighted by atomic mass is 9.88. The Bertz CT molecular complexity index is 238. The molecule has 0 heterocycles. The average molecular weight is 287 g/mol. The molecule has 1 fully saturated rings. The average Bonchev–Trinajstić information content (AvgIpc) is 2.42. The van der Waals surface area contributed by atoms with Gasteiger partial charge in [0.15, 0.2) is 0 Å². The fourth-order valence-corrected chi connectivity index (χ4v) is 3.03. The molecule has 1 aliphatic rings. The predicted molar refractivity (Wildman–Crippen MR) is 83.8 cm³/mol. The zero-order chi connectivity index (χ0) is 13.9. The second kappa shape index (κ2) is 10.7. The molecular formula is C15H29NO2S. The summed E-state index contributed by atoms with van der Waals surface area (Å²) in [6.07, 6.45) is 6.89. The molecule has 0 aromatic heterocycles. The first-order valence-electron chi connectivity index (χ1n) is 7.43. The predicted octanol–water partition coefficient (Wildman–Crippen LogP) is 2.45. The lowest BCUT2D eigenvalue weighted by molar-refractivity contribution is -0.0450. The van der Waals surface area contributed by atoms with Gasteiger partial charge in [-0.05, 0) is 18.8 Å². The molecule has 0 spiro atoms. The van der Waals surface area contributed by atoms with Crippen molar-refractivity contribution in [1.82, 2.24) is 5.32 Å². The smallest absolute Gasteiger partial charge is 0.0897 e. The van der Waals surface area contributed by atoms with E-state index >= 15 is 0 Å². The van der Waals surface area contributed by atoms with Crippen LogP contribution in [0.4, 0.5) is 0 Å². The van der Waals surface area contributed by atoms with Crippen molar-refractivity contribution in [3.63, 3.8) is 0 Å². The van der Waals surface area contributed by atoms with Gasteiger partial charge in [-0.2, -0.15) is 11.8 Å². The van der Waals surface area contributed by atoms with Gasteiger partial charge in [-0.3, -0.25) is 0 Å². The van der Waals surface area contributed by atoms with Crippen LogP contribution in [0.5, 0.6) is 0 Å². The fraction of sp³-hybridized carbons (Fsp3) is 0.867. The van der Waals surface area contributed by atoms with Crippen LogP contribution >= 0.6 is 11.8 Å². The number of thioether (sulfide) groups is 1.